The van der Waals surface area contributed by atoms with Crippen LogP contribution in [0.2, 0.25) is 0 Å². The van der Waals surface area contributed by atoms with Gasteiger partial charge >= 0.3 is 0 Å². The van der Waals surface area contributed by atoms with Crippen molar-refractivity contribution in [3.8, 4) is 0 Å². The number of benzene rings is 1. The highest BCUT2D eigenvalue weighted by Gasteiger charge is 2.12. The number of nitrogens with two attached hydrogens (primary N) is 1. The van der Waals surface area contributed by atoms with Gasteiger partial charge in [-0.1, -0.05) is 12.1 Å². The number of aliphatic hydroxyl groups is 1. The number of rotatable bonds is 5. The summed E-state index contributed by atoms with van der Waals surface area (Å²) in [6, 6.07) is 6.70. The molecule has 0 radical (unpaired) electrons. The normalized spacial score (nSPS) is 13.6. The average Bonchev–Trinajstić information content (AvgIpc) is 2.14. The number of anilines is 1. The summed E-state index contributed by atoms with van der Waals surface area (Å²) in [4.78, 5) is 0. The molecule has 0 aliphatic heterocycles. The number of nitrogen functional groups attached to an aromatic ring is 1. The van der Waals surface area contributed by atoms with E-state index in [0.717, 1.165) is 0 Å². The molecule has 0 aliphatic rings. The van der Waals surface area contributed by atoms with Crippen LogP contribution >= 0.6 is 0 Å². The van der Waals surface area contributed by atoms with Crippen LogP contribution in [0.3, 0.4) is 0 Å². The molecule has 16 heavy (non-hydrogen) atoms. The Balaban J connectivity index is 2.66. The van der Waals surface area contributed by atoms with E-state index < -0.39 is 16.1 Å². The maximum atomic E-state index is 11.6. The first-order valence-electron chi connectivity index (χ1n) is 4.89. The van der Waals surface area contributed by atoms with Crippen molar-refractivity contribution in [1.82, 2.24) is 4.72 Å². The Kier molecular flexibility index (Phi) is 4.28. The Morgan fingerprint density at radius 1 is 1.50 bits per heavy atom. The van der Waals surface area contributed by atoms with Crippen LogP contribution in [0.15, 0.2) is 24.3 Å². The van der Waals surface area contributed by atoms with Crippen LogP contribution in [0.1, 0.15) is 12.5 Å². The fourth-order valence-corrected chi connectivity index (χ4v) is 2.42. The second-order valence-corrected chi connectivity index (χ2v) is 5.51. The van der Waals surface area contributed by atoms with Crippen molar-refractivity contribution in [3.63, 3.8) is 0 Å². The van der Waals surface area contributed by atoms with Crippen molar-refractivity contribution < 1.29 is 13.5 Å². The minimum Gasteiger partial charge on any atom is -0.399 e. The number of aliphatic hydroxyl groups excluding tert-OH is 1. The van der Waals surface area contributed by atoms with E-state index in [9.17, 15) is 8.42 Å². The number of hydrogen-bond acceptors (Lipinski definition) is 4. The lowest BCUT2D eigenvalue weighted by molar-refractivity contribution is 0.198. The summed E-state index contributed by atoms with van der Waals surface area (Å²) in [6.07, 6.45) is -0.699. The molecular weight excluding hydrogens is 228 g/mol. The molecule has 1 unspecified atom stereocenters. The molecule has 0 spiro atoms. The largest absolute Gasteiger partial charge is 0.399 e. The summed E-state index contributed by atoms with van der Waals surface area (Å²) in [7, 11) is -3.41. The van der Waals surface area contributed by atoms with Gasteiger partial charge in [-0.05, 0) is 24.6 Å². The summed E-state index contributed by atoms with van der Waals surface area (Å²) < 4.78 is 25.4. The molecule has 0 bridgehead atoms. The maximum absolute atomic E-state index is 11.6. The highest BCUT2D eigenvalue weighted by Crippen LogP contribution is 2.09. The molecule has 1 atom stereocenters. The zero-order valence-electron chi connectivity index (χ0n) is 9.05. The topological polar surface area (TPSA) is 92.4 Å². The van der Waals surface area contributed by atoms with Crippen molar-refractivity contribution in [2.24, 2.45) is 0 Å². The van der Waals surface area contributed by atoms with E-state index in [1.165, 1.54) is 6.92 Å². The number of hydrogen-bond donors (Lipinski definition) is 3. The van der Waals surface area contributed by atoms with E-state index in [-0.39, 0.29) is 12.3 Å². The smallest absolute Gasteiger partial charge is 0.215 e. The van der Waals surface area contributed by atoms with Gasteiger partial charge in [-0.3, -0.25) is 0 Å². The van der Waals surface area contributed by atoms with E-state index in [1.54, 1.807) is 24.3 Å². The van der Waals surface area contributed by atoms with Crippen LogP contribution in [0.4, 0.5) is 5.69 Å². The molecule has 1 rings (SSSR count). The zero-order valence-corrected chi connectivity index (χ0v) is 9.87. The molecule has 5 nitrogen and oxygen atoms in total. The fraction of sp³-hybridized carbons (Fsp3) is 0.400. The molecule has 0 saturated heterocycles. The molecule has 1 aromatic rings. The van der Waals surface area contributed by atoms with E-state index in [0.29, 0.717) is 11.3 Å². The SMILES string of the molecule is CC(O)CNS(=O)(=O)Cc1cccc(N)c1. The standard InChI is InChI=1S/C10H16N2O3S/c1-8(13)6-12-16(14,15)7-9-3-2-4-10(11)5-9/h2-5,8,12-13H,6-7,11H2,1H3. The summed E-state index contributed by atoms with van der Waals surface area (Å²) >= 11 is 0. The quantitative estimate of drug-likeness (QED) is 0.639. The Bertz CT molecular complexity index is 443. The van der Waals surface area contributed by atoms with Crippen LogP contribution < -0.4 is 10.5 Å². The molecule has 6 heteroatoms. The second kappa shape index (κ2) is 5.29. The lowest BCUT2D eigenvalue weighted by Crippen LogP contribution is -2.31. The first kappa shape index (κ1) is 13.0. The van der Waals surface area contributed by atoms with Crippen molar-refractivity contribution in [3.05, 3.63) is 29.8 Å². The van der Waals surface area contributed by atoms with Crippen LogP contribution in [0.25, 0.3) is 0 Å². The lowest BCUT2D eigenvalue weighted by atomic mass is 10.2. The minimum atomic E-state index is -3.41. The van der Waals surface area contributed by atoms with E-state index in [4.69, 9.17) is 10.8 Å². The minimum absolute atomic E-state index is 0.0185. The molecule has 1 aromatic carbocycles. The first-order chi connectivity index (χ1) is 7.39. The lowest BCUT2D eigenvalue weighted by Gasteiger charge is -2.08. The van der Waals surface area contributed by atoms with Gasteiger partial charge in [-0.2, -0.15) is 0 Å². The molecule has 4 N–H and O–H groups in total. The summed E-state index contributed by atoms with van der Waals surface area (Å²) in [5.74, 6) is -0.134. The highest BCUT2D eigenvalue weighted by atomic mass is 32.2. The Morgan fingerprint density at radius 2 is 2.19 bits per heavy atom. The maximum Gasteiger partial charge on any atom is 0.215 e. The second-order valence-electron chi connectivity index (χ2n) is 3.70. The summed E-state index contributed by atoms with van der Waals surface area (Å²) in [5.41, 5.74) is 6.70. The average molecular weight is 244 g/mol. The predicted molar refractivity (Wildman–Crippen MR) is 63.2 cm³/mol. The zero-order chi connectivity index (χ0) is 12.2. The number of sulfonamides is 1. The monoisotopic (exact) mass is 244 g/mol. The van der Waals surface area contributed by atoms with Gasteiger partial charge in [0.05, 0.1) is 11.9 Å². The van der Waals surface area contributed by atoms with Crippen LogP contribution in [0, 0.1) is 0 Å². The van der Waals surface area contributed by atoms with Crippen molar-refractivity contribution in [2.75, 3.05) is 12.3 Å². The molecule has 0 heterocycles. The van der Waals surface area contributed by atoms with Gasteiger partial charge in [0.2, 0.25) is 10.0 Å². The van der Waals surface area contributed by atoms with Crippen molar-refractivity contribution in [1.29, 1.82) is 0 Å². The van der Waals surface area contributed by atoms with Gasteiger partial charge in [0.25, 0.3) is 0 Å². The molecule has 0 saturated carbocycles. The Morgan fingerprint density at radius 3 is 2.75 bits per heavy atom. The molecular formula is C10H16N2O3S. The van der Waals surface area contributed by atoms with Crippen LogP contribution in [0.5, 0.6) is 0 Å². The molecule has 0 amide bonds. The number of nitrogens with one attached hydrogen (secondary N) is 1. The van der Waals surface area contributed by atoms with Gasteiger partial charge in [-0.25, -0.2) is 13.1 Å². The van der Waals surface area contributed by atoms with E-state index >= 15 is 0 Å². The molecule has 0 fully saturated rings. The highest BCUT2D eigenvalue weighted by molar-refractivity contribution is 7.88. The van der Waals surface area contributed by atoms with Gasteiger partial charge in [0.1, 0.15) is 0 Å². The third-order valence-electron chi connectivity index (χ3n) is 1.91. The van der Waals surface area contributed by atoms with Gasteiger partial charge in [-0.15, -0.1) is 0 Å². The van der Waals surface area contributed by atoms with Crippen LogP contribution in [-0.2, 0) is 15.8 Å². The van der Waals surface area contributed by atoms with Crippen molar-refractivity contribution >= 4 is 15.7 Å². The van der Waals surface area contributed by atoms with E-state index in [2.05, 4.69) is 4.72 Å². The summed E-state index contributed by atoms with van der Waals surface area (Å²) in [5, 5.41) is 8.98. The molecule has 90 valence electrons. The van der Waals surface area contributed by atoms with E-state index in [1.807, 2.05) is 0 Å². The fourth-order valence-electron chi connectivity index (χ4n) is 1.20. The van der Waals surface area contributed by atoms with Crippen molar-refractivity contribution in [2.45, 2.75) is 18.8 Å². The third-order valence-corrected chi connectivity index (χ3v) is 3.23. The summed E-state index contributed by atoms with van der Waals surface area (Å²) in [6.45, 7) is 1.54. The molecule has 0 aliphatic carbocycles. The van der Waals surface area contributed by atoms with Gasteiger partial charge in [0, 0.05) is 12.2 Å². The van der Waals surface area contributed by atoms with Gasteiger partial charge < -0.3 is 10.8 Å². The Hall–Kier alpha value is -1.11. The third kappa shape index (κ3) is 4.61. The van der Waals surface area contributed by atoms with Crippen LogP contribution in [-0.4, -0.2) is 26.2 Å². The Labute approximate surface area is 95.3 Å². The first-order valence-corrected chi connectivity index (χ1v) is 6.54. The molecule has 0 aromatic heterocycles. The predicted octanol–water partition coefficient (Wildman–Crippen LogP) is 0.0690. The van der Waals surface area contributed by atoms with Gasteiger partial charge in [0.15, 0.2) is 0 Å².